The van der Waals surface area contributed by atoms with Crippen LogP contribution in [0.2, 0.25) is 0 Å². The summed E-state index contributed by atoms with van der Waals surface area (Å²) in [6.07, 6.45) is 76.5. The van der Waals surface area contributed by atoms with Gasteiger partial charge in [-0.2, -0.15) is 0 Å². The molecule has 2 unspecified atom stereocenters. The fraction of sp³-hybridized carbons (Fsp3) is 0.956. The van der Waals surface area contributed by atoms with E-state index in [-0.39, 0.29) is 25.7 Å². The van der Waals surface area contributed by atoms with Crippen molar-refractivity contribution in [2.75, 3.05) is 39.6 Å². The average Bonchev–Trinajstić information content (AvgIpc) is 0.899. The highest BCUT2D eigenvalue weighted by Crippen LogP contribution is 2.45. The van der Waals surface area contributed by atoms with Gasteiger partial charge in [0.05, 0.1) is 26.4 Å². The number of hydrogen-bond donors (Lipinski definition) is 3. The number of phosphoric acid groups is 2. The molecule has 0 fully saturated rings. The largest absolute Gasteiger partial charge is 0.472 e. The molecule has 0 rings (SSSR count). The molecule has 0 bridgehead atoms. The Kier molecular flexibility index (Phi) is 80.7. The highest BCUT2D eigenvalue weighted by molar-refractivity contribution is 7.47. The van der Waals surface area contributed by atoms with Crippen LogP contribution in [0.1, 0.15) is 491 Å². The van der Waals surface area contributed by atoms with Gasteiger partial charge < -0.3 is 33.8 Å². The fourth-order valence-corrected chi connectivity index (χ4v) is 15.9. The Labute approximate surface area is 677 Å². The summed E-state index contributed by atoms with van der Waals surface area (Å²) in [7, 11) is -9.93. The van der Waals surface area contributed by atoms with Crippen molar-refractivity contribution in [3.8, 4) is 0 Å². The van der Waals surface area contributed by atoms with E-state index in [9.17, 15) is 43.2 Å². The number of aliphatic hydroxyl groups excluding tert-OH is 1. The summed E-state index contributed by atoms with van der Waals surface area (Å²) in [5.41, 5.74) is 0. The van der Waals surface area contributed by atoms with Crippen molar-refractivity contribution in [3.63, 3.8) is 0 Å². The van der Waals surface area contributed by atoms with E-state index in [1.165, 1.54) is 308 Å². The van der Waals surface area contributed by atoms with E-state index < -0.39 is 97.5 Å². The Morgan fingerprint density at radius 2 is 0.418 bits per heavy atom. The predicted molar refractivity (Wildman–Crippen MR) is 455 cm³/mol. The lowest BCUT2D eigenvalue weighted by Gasteiger charge is -2.21. The Balaban J connectivity index is 5.23. The zero-order chi connectivity index (χ0) is 80.6. The van der Waals surface area contributed by atoms with Gasteiger partial charge in [-0.05, 0) is 37.5 Å². The van der Waals surface area contributed by atoms with Gasteiger partial charge in [0.25, 0.3) is 0 Å². The van der Waals surface area contributed by atoms with E-state index in [1.54, 1.807) is 0 Å². The summed E-state index contributed by atoms with van der Waals surface area (Å²) < 4.78 is 69.1. The van der Waals surface area contributed by atoms with Gasteiger partial charge in [0.1, 0.15) is 19.3 Å². The van der Waals surface area contributed by atoms with Crippen LogP contribution in [0.25, 0.3) is 0 Å². The lowest BCUT2D eigenvalue weighted by atomic mass is 10.0. The SMILES string of the molecule is CCCCCCCCCCCCCCCCCCCCCCCCC(=O)O[C@H](COC(=O)CCCCCCCCCCCCCCCCCCCCC(C)C)COP(=O)(O)OC[C@@H](O)COP(=O)(O)OC[C@@H](COC(=O)CCCCCCCCCCCCCCC)OC(=O)CCCCCCCCCCCCCC(C)C. The highest BCUT2D eigenvalue weighted by atomic mass is 31.2. The van der Waals surface area contributed by atoms with Gasteiger partial charge in [0.2, 0.25) is 0 Å². The first-order valence-electron chi connectivity index (χ1n) is 47.0. The smallest absolute Gasteiger partial charge is 0.462 e. The van der Waals surface area contributed by atoms with Crippen LogP contribution >= 0.6 is 15.6 Å². The summed E-state index contributed by atoms with van der Waals surface area (Å²) in [4.78, 5) is 73.4. The minimum absolute atomic E-state index is 0.107. The van der Waals surface area contributed by atoms with E-state index in [0.717, 1.165) is 102 Å². The Hall–Kier alpha value is -1.94. The maximum atomic E-state index is 13.2. The molecule has 0 saturated carbocycles. The second-order valence-corrected chi connectivity index (χ2v) is 36.6. The third kappa shape index (κ3) is 84.0. The number of aliphatic hydroxyl groups is 1. The second-order valence-electron chi connectivity index (χ2n) is 33.6. The number of ether oxygens (including phenoxy) is 4. The van der Waals surface area contributed by atoms with E-state index in [0.29, 0.717) is 25.7 Å². The van der Waals surface area contributed by atoms with Crippen LogP contribution in [0.5, 0.6) is 0 Å². The quantitative estimate of drug-likeness (QED) is 0.0222. The standard InChI is InChI=1S/C91H178O17P2/c1-7-9-11-13-15-17-19-21-22-23-24-25-26-27-32-35-39-45-51-57-63-69-75-90(95)107-86(79-102-89(94)74-68-62-56-50-44-38-34-31-29-28-30-33-37-41-47-53-59-65-71-83(3)4)81-105-109(97,98)103-77-85(92)78-104-110(99,100)106-82-87(80-101-88(93)73-67-61-55-49-43-36-20-18-16-14-12-10-8-2)108-91(96)76-70-64-58-52-46-40-42-48-54-60-66-72-84(5)6/h83-87,92H,7-82H2,1-6H3,(H,97,98)(H,99,100)/t85-,86-,87-/m1/s1. The third-order valence-corrected chi connectivity index (χ3v) is 23.4. The number of phosphoric ester groups is 2. The van der Waals surface area contributed by atoms with Crippen molar-refractivity contribution in [2.45, 2.75) is 509 Å². The molecule has 110 heavy (non-hydrogen) atoms. The highest BCUT2D eigenvalue weighted by Gasteiger charge is 2.31. The van der Waals surface area contributed by atoms with Crippen molar-refractivity contribution in [3.05, 3.63) is 0 Å². The van der Waals surface area contributed by atoms with Crippen molar-refractivity contribution in [1.29, 1.82) is 0 Å². The van der Waals surface area contributed by atoms with Gasteiger partial charge in [-0.15, -0.1) is 0 Å². The molecule has 0 radical (unpaired) electrons. The van der Waals surface area contributed by atoms with Gasteiger partial charge in [-0.3, -0.25) is 37.3 Å². The molecule has 0 heterocycles. The van der Waals surface area contributed by atoms with Crippen LogP contribution < -0.4 is 0 Å². The van der Waals surface area contributed by atoms with Crippen LogP contribution in [0.15, 0.2) is 0 Å². The molecule has 0 spiro atoms. The normalized spacial score (nSPS) is 13.7. The van der Waals surface area contributed by atoms with Crippen LogP contribution in [-0.2, 0) is 65.4 Å². The van der Waals surface area contributed by atoms with E-state index >= 15 is 0 Å². The molecule has 5 atom stereocenters. The van der Waals surface area contributed by atoms with Crippen molar-refractivity contribution < 1.29 is 80.2 Å². The third-order valence-electron chi connectivity index (χ3n) is 21.5. The molecule has 0 aromatic carbocycles. The lowest BCUT2D eigenvalue weighted by Crippen LogP contribution is -2.30. The second kappa shape index (κ2) is 82.2. The van der Waals surface area contributed by atoms with Crippen LogP contribution in [0.4, 0.5) is 0 Å². The number of hydrogen-bond acceptors (Lipinski definition) is 15. The number of esters is 4. The molecule has 654 valence electrons. The van der Waals surface area contributed by atoms with Gasteiger partial charge >= 0.3 is 39.5 Å². The maximum Gasteiger partial charge on any atom is 0.472 e. The van der Waals surface area contributed by atoms with Crippen LogP contribution in [0, 0.1) is 11.8 Å². The molecule has 0 aliphatic rings. The van der Waals surface area contributed by atoms with E-state index in [1.807, 2.05) is 0 Å². The van der Waals surface area contributed by atoms with Crippen molar-refractivity contribution in [1.82, 2.24) is 0 Å². The Morgan fingerprint density at radius 3 is 0.618 bits per heavy atom. The summed E-state index contributed by atoms with van der Waals surface area (Å²) in [6.45, 7) is 9.74. The first-order valence-corrected chi connectivity index (χ1v) is 50.0. The zero-order valence-corrected chi connectivity index (χ0v) is 74.4. The molecule has 0 aliphatic heterocycles. The molecular weight excluding hydrogens is 1430 g/mol. The summed E-state index contributed by atoms with van der Waals surface area (Å²) in [5.74, 6) is -0.507. The van der Waals surface area contributed by atoms with Crippen molar-refractivity contribution in [2.24, 2.45) is 11.8 Å². The predicted octanol–water partition coefficient (Wildman–Crippen LogP) is 28.2. The maximum absolute atomic E-state index is 13.2. The molecule has 0 saturated heterocycles. The molecule has 3 N–H and O–H groups in total. The minimum atomic E-state index is -4.97. The van der Waals surface area contributed by atoms with Gasteiger partial charge in [-0.1, -0.05) is 440 Å². The van der Waals surface area contributed by atoms with Crippen LogP contribution in [-0.4, -0.2) is 96.7 Å². The van der Waals surface area contributed by atoms with E-state index in [4.69, 9.17) is 37.0 Å². The molecule has 0 amide bonds. The summed E-state index contributed by atoms with van der Waals surface area (Å²) >= 11 is 0. The fourth-order valence-electron chi connectivity index (χ4n) is 14.3. The van der Waals surface area contributed by atoms with Gasteiger partial charge in [-0.25, -0.2) is 9.13 Å². The van der Waals surface area contributed by atoms with Crippen LogP contribution in [0.3, 0.4) is 0 Å². The summed E-state index contributed by atoms with van der Waals surface area (Å²) in [5, 5.41) is 10.7. The molecule has 0 aliphatic carbocycles. The Morgan fingerprint density at radius 1 is 0.245 bits per heavy atom. The zero-order valence-electron chi connectivity index (χ0n) is 72.6. The number of carbonyl (C=O) groups is 4. The number of rotatable bonds is 90. The molecule has 17 nitrogen and oxygen atoms in total. The monoisotopic (exact) mass is 1610 g/mol. The molecular formula is C91H178O17P2. The topological polar surface area (TPSA) is 237 Å². The van der Waals surface area contributed by atoms with Gasteiger partial charge in [0.15, 0.2) is 12.2 Å². The minimum Gasteiger partial charge on any atom is -0.462 e. The molecule has 0 aromatic rings. The first kappa shape index (κ1) is 108. The van der Waals surface area contributed by atoms with Crippen molar-refractivity contribution >= 4 is 39.5 Å². The average molecular weight is 1610 g/mol. The summed E-state index contributed by atoms with van der Waals surface area (Å²) in [6, 6.07) is 0. The number of carbonyl (C=O) groups excluding carboxylic acids is 4. The molecule has 19 heteroatoms. The lowest BCUT2D eigenvalue weighted by molar-refractivity contribution is -0.161. The number of unbranched alkanes of at least 4 members (excludes halogenated alkanes) is 60. The Bertz CT molecular complexity index is 2100. The van der Waals surface area contributed by atoms with Gasteiger partial charge in [0, 0.05) is 25.7 Å². The first-order chi connectivity index (χ1) is 53.4. The van der Waals surface area contributed by atoms with E-state index in [2.05, 4.69) is 41.5 Å². The molecule has 0 aromatic heterocycles.